The fraction of sp³-hybridized carbons (Fsp3) is 0.846. The Balaban J connectivity index is 2.21. The van der Waals surface area contributed by atoms with Gasteiger partial charge in [-0.3, -0.25) is 0 Å². The molecular formula is C13H21Cl. The standard InChI is InChI=1S/C13H21Cl/c1-3-10-9(2)7-8-12-11(10)5-4-6-13(12)14/h8-11,13H,3-7H2,1-2H3/t9-,10?,11?,13?/m0/s1. The van der Waals surface area contributed by atoms with Gasteiger partial charge in [0.15, 0.2) is 0 Å². The van der Waals surface area contributed by atoms with Gasteiger partial charge in [0, 0.05) is 0 Å². The summed E-state index contributed by atoms with van der Waals surface area (Å²) in [7, 11) is 0. The molecule has 0 nitrogen and oxygen atoms in total. The van der Waals surface area contributed by atoms with Crippen LogP contribution in [0.25, 0.3) is 0 Å². The van der Waals surface area contributed by atoms with Crippen molar-refractivity contribution in [2.24, 2.45) is 17.8 Å². The molecule has 0 radical (unpaired) electrons. The van der Waals surface area contributed by atoms with Crippen LogP contribution in [0, 0.1) is 17.8 Å². The van der Waals surface area contributed by atoms with E-state index in [0.717, 1.165) is 17.8 Å². The van der Waals surface area contributed by atoms with Gasteiger partial charge in [0.1, 0.15) is 0 Å². The monoisotopic (exact) mass is 212 g/mol. The number of rotatable bonds is 1. The summed E-state index contributed by atoms with van der Waals surface area (Å²) in [5.74, 6) is 2.59. The zero-order chi connectivity index (χ0) is 10.1. The molecule has 1 saturated carbocycles. The normalized spacial score (nSPS) is 42.9. The van der Waals surface area contributed by atoms with Crippen molar-refractivity contribution < 1.29 is 0 Å². The third-order valence-corrected chi connectivity index (χ3v) is 4.68. The van der Waals surface area contributed by atoms with E-state index in [2.05, 4.69) is 19.9 Å². The molecule has 4 atom stereocenters. The third kappa shape index (κ3) is 1.74. The lowest BCUT2D eigenvalue weighted by atomic mass is 9.66. The Kier molecular flexibility index (Phi) is 3.21. The maximum absolute atomic E-state index is 6.39. The molecule has 1 fully saturated rings. The van der Waals surface area contributed by atoms with Crippen molar-refractivity contribution >= 4 is 11.6 Å². The highest BCUT2D eigenvalue weighted by Gasteiger charge is 2.36. The van der Waals surface area contributed by atoms with Gasteiger partial charge in [0.05, 0.1) is 5.38 Å². The number of hydrogen-bond acceptors (Lipinski definition) is 0. The second-order valence-corrected chi connectivity index (χ2v) is 5.52. The molecule has 2 aliphatic rings. The molecule has 0 aliphatic heterocycles. The summed E-state index contributed by atoms with van der Waals surface area (Å²) in [5.41, 5.74) is 1.59. The summed E-state index contributed by atoms with van der Waals surface area (Å²) >= 11 is 6.39. The maximum Gasteiger partial charge on any atom is 0.0548 e. The molecule has 14 heavy (non-hydrogen) atoms. The van der Waals surface area contributed by atoms with E-state index >= 15 is 0 Å². The molecule has 0 amide bonds. The predicted octanol–water partition coefficient (Wildman–Crippen LogP) is 4.39. The van der Waals surface area contributed by atoms with Crippen LogP contribution in [0.1, 0.15) is 46.0 Å². The molecular weight excluding hydrogens is 192 g/mol. The van der Waals surface area contributed by atoms with Crippen molar-refractivity contribution in [3.05, 3.63) is 11.6 Å². The minimum Gasteiger partial charge on any atom is -0.118 e. The van der Waals surface area contributed by atoms with E-state index in [1.165, 1.54) is 32.1 Å². The minimum atomic E-state index is 0.357. The summed E-state index contributed by atoms with van der Waals surface area (Å²) in [5, 5.41) is 0.357. The predicted molar refractivity (Wildman–Crippen MR) is 62.6 cm³/mol. The van der Waals surface area contributed by atoms with E-state index in [0.29, 0.717) is 5.38 Å². The van der Waals surface area contributed by atoms with E-state index in [4.69, 9.17) is 11.6 Å². The van der Waals surface area contributed by atoms with Crippen LogP contribution in [0.15, 0.2) is 11.6 Å². The van der Waals surface area contributed by atoms with Crippen molar-refractivity contribution in [3.8, 4) is 0 Å². The lowest BCUT2D eigenvalue weighted by molar-refractivity contribution is 0.212. The molecule has 3 unspecified atom stereocenters. The largest absolute Gasteiger partial charge is 0.118 e. The number of alkyl halides is 1. The molecule has 0 aromatic carbocycles. The second-order valence-electron chi connectivity index (χ2n) is 4.99. The lowest BCUT2D eigenvalue weighted by Gasteiger charge is -2.41. The van der Waals surface area contributed by atoms with E-state index in [9.17, 15) is 0 Å². The first-order valence-electron chi connectivity index (χ1n) is 6.08. The minimum absolute atomic E-state index is 0.357. The molecule has 0 spiro atoms. The van der Waals surface area contributed by atoms with Gasteiger partial charge in [-0.1, -0.05) is 38.3 Å². The topological polar surface area (TPSA) is 0 Å². The van der Waals surface area contributed by atoms with Crippen molar-refractivity contribution in [2.45, 2.75) is 51.3 Å². The molecule has 0 bridgehead atoms. The van der Waals surface area contributed by atoms with Gasteiger partial charge in [-0.05, 0) is 37.0 Å². The third-order valence-electron chi connectivity index (χ3n) is 4.21. The van der Waals surface area contributed by atoms with Crippen LogP contribution >= 0.6 is 11.6 Å². The first kappa shape index (κ1) is 10.5. The SMILES string of the molecule is CCC1C2CCCC(Cl)C2=CC[C@@H]1C. The van der Waals surface area contributed by atoms with Crippen LogP contribution < -0.4 is 0 Å². The maximum atomic E-state index is 6.39. The number of allylic oxidation sites excluding steroid dienone is 2. The molecule has 80 valence electrons. The Labute approximate surface area is 92.7 Å². The van der Waals surface area contributed by atoms with E-state index in [1.807, 2.05) is 0 Å². The first-order valence-corrected chi connectivity index (χ1v) is 6.51. The van der Waals surface area contributed by atoms with Crippen molar-refractivity contribution in [1.82, 2.24) is 0 Å². The van der Waals surface area contributed by atoms with Gasteiger partial charge in [-0.25, -0.2) is 0 Å². The van der Waals surface area contributed by atoms with Crippen molar-refractivity contribution in [3.63, 3.8) is 0 Å². The zero-order valence-electron chi connectivity index (χ0n) is 9.30. The van der Waals surface area contributed by atoms with Crippen LogP contribution in [-0.4, -0.2) is 5.38 Å². The van der Waals surface area contributed by atoms with Crippen molar-refractivity contribution in [2.75, 3.05) is 0 Å². The highest BCUT2D eigenvalue weighted by Crippen LogP contribution is 2.45. The van der Waals surface area contributed by atoms with Crippen molar-refractivity contribution in [1.29, 1.82) is 0 Å². The quantitative estimate of drug-likeness (QED) is 0.447. The van der Waals surface area contributed by atoms with E-state index in [1.54, 1.807) is 5.57 Å². The highest BCUT2D eigenvalue weighted by molar-refractivity contribution is 6.22. The first-order chi connectivity index (χ1) is 6.74. The fourth-order valence-electron chi connectivity index (χ4n) is 3.40. The Morgan fingerprint density at radius 1 is 1.43 bits per heavy atom. The summed E-state index contributed by atoms with van der Waals surface area (Å²) in [4.78, 5) is 0. The number of hydrogen-bond donors (Lipinski definition) is 0. The van der Waals surface area contributed by atoms with E-state index < -0.39 is 0 Å². The smallest absolute Gasteiger partial charge is 0.0548 e. The zero-order valence-corrected chi connectivity index (χ0v) is 10.1. The highest BCUT2D eigenvalue weighted by atomic mass is 35.5. The molecule has 0 aromatic heterocycles. The van der Waals surface area contributed by atoms with Crippen LogP contribution in [0.3, 0.4) is 0 Å². The molecule has 0 aromatic rings. The molecule has 0 heterocycles. The van der Waals surface area contributed by atoms with Gasteiger partial charge < -0.3 is 0 Å². The summed E-state index contributed by atoms with van der Waals surface area (Å²) in [6.07, 6.45) is 8.95. The number of halogens is 1. The van der Waals surface area contributed by atoms with Gasteiger partial charge in [0.25, 0.3) is 0 Å². The molecule has 1 heteroatoms. The van der Waals surface area contributed by atoms with Gasteiger partial charge in [0.2, 0.25) is 0 Å². The average Bonchev–Trinajstić information content (AvgIpc) is 2.18. The molecule has 0 N–H and O–H groups in total. The molecule has 0 saturated heterocycles. The van der Waals surface area contributed by atoms with Gasteiger partial charge >= 0.3 is 0 Å². The van der Waals surface area contributed by atoms with Crippen LogP contribution in [-0.2, 0) is 0 Å². The average molecular weight is 213 g/mol. The Morgan fingerprint density at radius 3 is 2.93 bits per heavy atom. The lowest BCUT2D eigenvalue weighted by Crippen LogP contribution is -2.32. The van der Waals surface area contributed by atoms with Crippen LogP contribution in [0.5, 0.6) is 0 Å². The molecule has 2 rings (SSSR count). The van der Waals surface area contributed by atoms with Crippen LogP contribution in [0.4, 0.5) is 0 Å². The Morgan fingerprint density at radius 2 is 2.21 bits per heavy atom. The van der Waals surface area contributed by atoms with Crippen LogP contribution in [0.2, 0.25) is 0 Å². The summed E-state index contributed by atoms with van der Waals surface area (Å²) < 4.78 is 0. The summed E-state index contributed by atoms with van der Waals surface area (Å²) in [6, 6.07) is 0. The second kappa shape index (κ2) is 4.26. The summed E-state index contributed by atoms with van der Waals surface area (Å²) in [6.45, 7) is 4.74. The fourth-order valence-corrected chi connectivity index (χ4v) is 3.81. The van der Waals surface area contributed by atoms with Gasteiger partial charge in [-0.2, -0.15) is 0 Å². The molecule has 2 aliphatic carbocycles. The Hall–Kier alpha value is 0.0300. The Bertz CT molecular complexity index is 231. The van der Waals surface area contributed by atoms with Gasteiger partial charge in [-0.15, -0.1) is 11.6 Å². The number of fused-ring (bicyclic) bond motifs is 1. The van der Waals surface area contributed by atoms with E-state index in [-0.39, 0.29) is 0 Å².